The maximum Gasteiger partial charge on any atom is 1.00 e. The summed E-state index contributed by atoms with van der Waals surface area (Å²) in [5, 5.41) is 31.2. The van der Waals surface area contributed by atoms with E-state index in [1.807, 2.05) is 75.9 Å². The largest absolute Gasteiger partial charge is 1.00 e. The molecule has 4 aromatic carbocycles. The number of ketones is 1. The number of anilines is 11. The van der Waals surface area contributed by atoms with Crippen molar-refractivity contribution in [1.29, 1.82) is 0 Å². The van der Waals surface area contributed by atoms with Crippen LogP contribution >= 0.6 is 15.9 Å². The molecule has 0 spiro atoms. The monoisotopic (exact) mass is 1520 g/mol. The molecule has 0 aliphatic heterocycles. The third kappa shape index (κ3) is 22.9. The van der Waals surface area contributed by atoms with Gasteiger partial charge in [0.05, 0.1) is 47.5 Å². The molecule has 0 radical (unpaired) electrons. The van der Waals surface area contributed by atoms with Crippen LogP contribution in [0.4, 0.5) is 89.4 Å². The molecule has 0 unspecified atom stereocenters. The van der Waals surface area contributed by atoms with Crippen LogP contribution in [0.5, 0.6) is 0 Å². The summed E-state index contributed by atoms with van der Waals surface area (Å²) in [7, 11) is 0. The fraction of sp³-hybridized carbons (Fsp3) is 0.174. The summed E-state index contributed by atoms with van der Waals surface area (Å²) in [5.74, 6) is -2.35. The molecule has 8 heterocycles. The first-order chi connectivity index (χ1) is 47.6. The van der Waals surface area contributed by atoms with Gasteiger partial charge in [-0.2, -0.15) is 0 Å². The van der Waals surface area contributed by atoms with E-state index in [2.05, 4.69) is 67.3 Å². The number of nitrogens with one attached hydrogen (secondary N) is 5. The van der Waals surface area contributed by atoms with Crippen LogP contribution in [-0.4, -0.2) is 85.0 Å². The number of hydrogen-bond acceptors (Lipinski definition) is 17. The van der Waals surface area contributed by atoms with Gasteiger partial charge in [0.25, 0.3) is 6.47 Å². The van der Waals surface area contributed by atoms with E-state index in [0.29, 0.717) is 73.8 Å². The number of carboxylic acid groups (broad SMARTS) is 1. The molecular formula is C69H67BrF6K2N16O8. The number of aliphatic carboxylic acids is 1. The Balaban J connectivity index is 0.000000227. The molecule has 8 aromatic heterocycles. The number of nitrogens with zero attached hydrogens (tertiary/aromatic N) is 8. The van der Waals surface area contributed by atoms with Crippen LogP contribution in [-0.2, 0) is 24.1 Å². The van der Waals surface area contributed by atoms with E-state index in [1.54, 1.807) is 110 Å². The topological polar surface area (TPSA) is 345 Å². The number of hydrogen-bond donors (Lipinski definition) is 9. The molecule has 14 rings (SSSR count). The Morgan fingerprint density at radius 1 is 0.549 bits per heavy atom. The van der Waals surface area contributed by atoms with E-state index < -0.39 is 30.1 Å². The van der Waals surface area contributed by atoms with Gasteiger partial charge in [-0.3, -0.25) is 28.4 Å². The molecule has 522 valence electrons. The van der Waals surface area contributed by atoms with Crippen molar-refractivity contribution in [3.63, 3.8) is 0 Å². The Labute approximate surface area is 674 Å². The second-order valence-corrected chi connectivity index (χ2v) is 23.3. The molecule has 2 fully saturated rings. The molecule has 102 heavy (non-hydrogen) atoms. The molecule has 2 amide bonds. The van der Waals surface area contributed by atoms with Gasteiger partial charge >= 0.3 is 109 Å². The minimum absolute atomic E-state index is 0. The van der Waals surface area contributed by atoms with Crippen LogP contribution in [0.1, 0.15) is 60.9 Å². The summed E-state index contributed by atoms with van der Waals surface area (Å²) in [6, 6.07) is 33.9. The first-order valence-electron chi connectivity index (χ1n) is 30.2. The van der Waals surface area contributed by atoms with E-state index in [1.165, 1.54) is 38.1 Å². The zero-order valence-corrected chi connectivity index (χ0v) is 64.0. The van der Waals surface area contributed by atoms with Crippen LogP contribution in [0.25, 0.3) is 22.6 Å². The number of Topliss-reactive ketones (excluding diaryl/α,β-unsaturated/α-hetero) is 1. The van der Waals surface area contributed by atoms with Crippen molar-refractivity contribution >= 4 is 132 Å². The average Bonchev–Trinajstić information content (AvgIpc) is 1.61. The molecule has 12 N–H and O–H groups in total. The molecule has 33 heteroatoms. The molecule has 24 nitrogen and oxygen atoms in total. The molecule has 2 aliphatic rings. The van der Waals surface area contributed by atoms with Crippen molar-refractivity contribution in [2.24, 2.45) is 11.8 Å². The Hall–Kier alpha value is -8.72. The maximum atomic E-state index is 13.7. The summed E-state index contributed by atoms with van der Waals surface area (Å²) < 4.78 is 86.1. The molecule has 2 saturated carbocycles. The zero-order chi connectivity index (χ0) is 72.6. The fourth-order valence-corrected chi connectivity index (χ4v) is 9.68. The third-order valence-corrected chi connectivity index (χ3v) is 15.4. The second kappa shape index (κ2) is 38.0. The van der Waals surface area contributed by atoms with Gasteiger partial charge in [-0.05, 0) is 154 Å². The predicted octanol–water partition coefficient (Wildman–Crippen LogP) is 7.00. The van der Waals surface area contributed by atoms with Crippen LogP contribution in [0.2, 0.25) is 0 Å². The molecule has 12 aromatic rings. The number of carbonyl (C=O) groups is 5. The number of amides is 2. The maximum absolute atomic E-state index is 13.7. The van der Waals surface area contributed by atoms with Crippen LogP contribution < -0.4 is 152 Å². The third-order valence-electron chi connectivity index (χ3n) is 14.9. The summed E-state index contributed by atoms with van der Waals surface area (Å²) in [6.45, 7) is 9.51. The van der Waals surface area contributed by atoms with Gasteiger partial charge in [0.1, 0.15) is 69.7 Å². The van der Waals surface area contributed by atoms with E-state index in [9.17, 15) is 45.5 Å². The Morgan fingerprint density at radius 3 is 1.32 bits per heavy atom. The van der Waals surface area contributed by atoms with Gasteiger partial charge in [-0.25, -0.2) is 46.3 Å². The van der Waals surface area contributed by atoms with Crippen molar-refractivity contribution in [1.82, 2.24) is 37.5 Å². The van der Waals surface area contributed by atoms with Crippen LogP contribution in [0.15, 0.2) is 169 Å². The first kappa shape index (κ1) is 82.2. The molecule has 0 bridgehead atoms. The fourth-order valence-electron chi connectivity index (χ4n) is 9.33. The molecule has 2 aliphatic carbocycles. The van der Waals surface area contributed by atoms with E-state index in [4.69, 9.17) is 32.4 Å². The van der Waals surface area contributed by atoms with E-state index in [0.717, 1.165) is 32.8 Å². The van der Waals surface area contributed by atoms with Gasteiger partial charge in [0.2, 0.25) is 11.8 Å². The number of imidazole rings is 4. The quantitative estimate of drug-likeness (QED) is 0.0113. The number of benzene rings is 4. The first-order valence-corrected chi connectivity index (χ1v) is 30.9. The summed E-state index contributed by atoms with van der Waals surface area (Å²) in [6.07, 6.45) is 10.7. The molecule has 0 saturated heterocycles. The number of carboxylic acids is 1. The minimum atomic E-state index is -1.10. The number of halogens is 7. The number of carbonyl (C=O) groups excluding carboxylic acids is 4. The normalized spacial score (nSPS) is 14.1. The second-order valence-electron chi connectivity index (χ2n) is 22.4. The SMILES string of the molecule is CC(=O)Nc1cn2cc(Br)ccc2n1.CC(=O)Nc1cn2cc(Nc3cccc(F)c3C)ccc2n1.Cc1c(F)cccc1Nc1ccc2nc(N)c(C(=O)[C@@H]3C[C@@H]3F)n2c1.Cc1c(F)cccc1Nc1ccc2nc(N)cn2c1.Cc1c(N)cccc1F.O=C(O)[C@@H]1C[C@@H]1F.O=CO[O-].[H-].[K+].[K+]. The van der Waals surface area contributed by atoms with E-state index in [-0.39, 0.29) is 176 Å². The molecule has 4 atom stereocenters. The average molecular weight is 1520 g/mol. The number of fused-ring (bicyclic) bond motifs is 4. The van der Waals surface area contributed by atoms with Crippen molar-refractivity contribution < 1.29 is 170 Å². The summed E-state index contributed by atoms with van der Waals surface area (Å²) >= 11 is 3.36. The van der Waals surface area contributed by atoms with E-state index >= 15 is 0 Å². The Kier molecular flexibility index (Phi) is 30.6. The van der Waals surface area contributed by atoms with Crippen molar-refractivity contribution in [3.8, 4) is 0 Å². The van der Waals surface area contributed by atoms with Gasteiger partial charge in [0, 0.05) is 88.1 Å². The standard InChI is InChI=1S/C18H16F2N4O.C16H15FN4O.C14H13FN4.C9H8BrN3O.C7H8FN.C4H5FO2.CH2O3.2K.H/c1-9-12(19)3-2-4-14(9)22-10-5-6-15-23-18(21)16(24(15)8-10)17(25)11-7-13(11)20;1-10-13(17)4-3-5-14(10)19-12-6-7-16-20-15(18-11(2)22)9-21(16)8-12;1-9-11(15)3-2-4-12(9)17-10-5-6-14-18-13(16)8-19(14)7-10;1-6(14)11-8-5-13-4-7(10)2-3-9(13)12-8;1-5-6(8)3-2-4-7(5)9;5-3-1-2(3)4(6)7;2-1-4-3;;;/h2-6,8,11,13,22H,7,21H2,1H3;3-9,19H,1-2H3,(H,18,22);2-8,17H,16H2,1H3;2-5H,1H3,(H,11,14);2-4H,9H2,1H3;2-3H,1H2,(H,6,7);1,3H;;;/q;;;;;;;2*+1;-1/p-1/t11-,13+;;;;;2-,3+;;;;/m1....1..../s1. The van der Waals surface area contributed by atoms with Crippen molar-refractivity contribution in [2.45, 2.75) is 66.7 Å². The van der Waals surface area contributed by atoms with Gasteiger partial charge in [0.15, 0.2) is 23.2 Å². The van der Waals surface area contributed by atoms with Crippen molar-refractivity contribution in [3.05, 3.63) is 220 Å². The number of pyridine rings is 4. The van der Waals surface area contributed by atoms with Crippen molar-refractivity contribution in [2.75, 3.05) is 43.8 Å². The molecular weight excluding hydrogens is 1450 g/mol. The Bertz CT molecular complexity index is 4950. The van der Waals surface area contributed by atoms with Gasteiger partial charge in [-0.15, -0.1) is 0 Å². The number of nitrogens with two attached hydrogens (primary N) is 3. The Morgan fingerprint density at radius 2 is 0.931 bits per heavy atom. The minimum Gasteiger partial charge on any atom is -1.00 e. The summed E-state index contributed by atoms with van der Waals surface area (Å²) in [4.78, 5) is 72.0. The summed E-state index contributed by atoms with van der Waals surface area (Å²) in [5.41, 5.74) is 26.9. The van der Waals surface area contributed by atoms with Gasteiger partial charge in [-0.1, -0.05) is 24.3 Å². The number of aromatic nitrogens is 8. The van der Waals surface area contributed by atoms with Gasteiger partial charge < -0.3 is 73.7 Å². The smallest absolute Gasteiger partial charge is 1.00 e. The zero-order valence-electron chi connectivity index (χ0n) is 57.1. The number of alkyl halides is 2. The number of rotatable bonds is 12. The predicted molar refractivity (Wildman–Crippen MR) is 371 cm³/mol. The number of nitrogen functional groups attached to an aromatic ring is 3. The van der Waals surface area contributed by atoms with Crippen LogP contribution in [0, 0.1) is 62.8 Å². The van der Waals surface area contributed by atoms with Crippen LogP contribution in [0.3, 0.4) is 0 Å².